The standard InChI is InChI=1S/C26H30N4O3/c1-26(25(32)28-20-8-4-3-5-9-20)17-29-22-14-21(33-2)11-10-19(22)13-23(29)24(31)30(26)16-18-7-6-12-27-15-18/h6-7,10-15,20H,3-5,8-9,16-17H2,1-2H3,(H,28,32)/t26-/m0/s1. The molecular weight excluding hydrogens is 416 g/mol. The zero-order chi connectivity index (χ0) is 23.0. The Labute approximate surface area is 193 Å². The topological polar surface area (TPSA) is 76.5 Å². The van der Waals surface area contributed by atoms with Gasteiger partial charge < -0.3 is 19.5 Å². The van der Waals surface area contributed by atoms with Gasteiger partial charge >= 0.3 is 0 Å². The number of hydrogen-bond donors (Lipinski definition) is 1. The molecule has 1 aromatic carbocycles. The summed E-state index contributed by atoms with van der Waals surface area (Å²) in [5.41, 5.74) is 1.35. The third-order valence-corrected chi connectivity index (χ3v) is 7.13. The molecule has 1 atom stereocenters. The van der Waals surface area contributed by atoms with Crippen LogP contribution in [0.25, 0.3) is 10.9 Å². The van der Waals surface area contributed by atoms with Crippen molar-refractivity contribution < 1.29 is 14.3 Å². The summed E-state index contributed by atoms with van der Waals surface area (Å²) in [7, 11) is 1.63. The second kappa shape index (κ2) is 8.54. The van der Waals surface area contributed by atoms with Crippen LogP contribution in [0, 0.1) is 0 Å². The number of hydrogen-bond acceptors (Lipinski definition) is 4. The van der Waals surface area contributed by atoms with E-state index in [1.807, 2.05) is 47.9 Å². The lowest BCUT2D eigenvalue weighted by Crippen LogP contribution is -2.64. The number of fused-ring (bicyclic) bond motifs is 3. The average molecular weight is 447 g/mol. The van der Waals surface area contributed by atoms with Gasteiger partial charge in [-0.3, -0.25) is 14.6 Å². The van der Waals surface area contributed by atoms with Gasteiger partial charge in [0.15, 0.2) is 0 Å². The first-order valence-electron chi connectivity index (χ1n) is 11.7. The molecule has 1 saturated carbocycles. The molecule has 172 valence electrons. The maximum absolute atomic E-state index is 13.8. The number of ether oxygens (including phenoxy) is 1. The van der Waals surface area contributed by atoms with Crippen molar-refractivity contribution in [2.75, 3.05) is 7.11 Å². The maximum atomic E-state index is 13.8. The lowest BCUT2D eigenvalue weighted by molar-refractivity contribution is -0.134. The second-order valence-corrected chi connectivity index (χ2v) is 9.38. The van der Waals surface area contributed by atoms with Crippen LogP contribution in [0.3, 0.4) is 0 Å². The van der Waals surface area contributed by atoms with Crippen molar-refractivity contribution in [1.29, 1.82) is 0 Å². The van der Waals surface area contributed by atoms with Crippen LogP contribution < -0.4 is 10.1 Å². The van der Waals surface area contributed by atoms with E-state index in [-0.39, 0.29) is 17.9 Å². The van der Waals surface area contributed by atoms with Crippen molar-refractivity contribution in [2.24, 2.45) is 0 Å². The van der Waals surface area contributed by atoms with Crippen LogP contribution in [0.5, 0.6) is 5.75 Å². The summed E-state index contributed by atoms with van der Waals surface area (Å²) < 4.78 is 7.39. The number of nitrogens with zero attached hydrogens (tertiary/aromatic N) is 3. The van der Waals surface area contributed by atoms with E-state index in [2.05, 4.69) is 10.3 Å². The number of benzene rings is 1. The summed E-state index contributed by atoms with van der Waals surface area (Å²) in [6, 6.07) is 11.6. The Hall–Kier alpha value is -3.35. The summed E-state index contributed by atoms with van der Waals surface area (Å²) in [6.07, 6.45) is 8.93. The van der Waals surface area contributed by atoms with E-state index in [4.69, 9.17) is 4.74 Å². The molecule has 1 N–H and O–H groups in total. The van der Waals surface area contributed by atoms with Gasteiger partial charge in [-0.25, -0.2) is 0 Å². The van der Waals surface area contributed by atoms with Crippen LogP contribution in [0.4, 0.5) is 0 Å². The van der Waals surface area contributed by atoms with E-state index in [1.165, 1.54) is 6.42 Å². The second-order valence-electron chi connectivity index (χ2n) is 9.38. The number of pyridine rings is 1. The van der Waals surface area contributed by atoms with E-state index in [0.29, 0.717) is 18.8 Å². The van der Waals surface area contributed by atoms with Crippen molar-refractivity contribution in [3.63, 3.8) is 0 Å². The first kappa shape index (κ1) is 21.5. The van der Waals surface area contributed by atoms with E-state index in [1.54, 1.807) is 24.4 Å². The Balaban J connectivity index is 1.56. The summed E-state index contributed by atoms with van der Waals surface area (Å²) in [5, 5.41) is 4.23. The van der Waals surface area contributed by atoms with Gasteiger partial charge in [0, 0.05) is 36.4 Å². The predicted molar refractivity (Wildman–Crippen MR) is 126 cm³/mol. The fourth-order valence-corrected chi connectivity index (χ4v) is 5.17. The van der Waals surface area contributed by atoms with Gasteiger partial charge in [-0.1, -0.05) is 25.3 Å². The molecule has 2 aliphatic rings. The van der Waals surface area contributed by atoms with Crippen molar-refractivity contribution in [2.45, 2.75) is 63.7 Å². The van der Waals surface area contributed by atoms with Crippen molar-refractivity contribution in [3.05, 3.63) is 60.0 Å². The Bertz CT molecular complexity index is 1180. The summed E-state index contributed by atoms with van der Waals surface area (Å²) in [6.45, 7) is 2.59. The molecule has 33 heavy (non-hydrogen) atoms. The molecule has 0 saturated heterocycles. The SMILES string of the molecule is COc1ccc2cc3n(c2c1)C[C@@](C)(C(=O)NC1CCCCC1)N(Cc1cccnc1)C3=O. The van der Waals surface area contributed by atoms with Crippen LogP contribution in [0.15, 0.2) is 48.8 Å². The molecule has 5 rings (SSSR count). The summed E-state index contributed by atoms with van der Waals surface area (Å²) in [4.78, 5) is 33.5. The molecule has 1 aliphatic carbocycles. The van der Waals surface area contributed by atoms with Crippen molar-refractivity contribution in [3.8, 4) is 5.75 Å². The summed E-state index contributed by atoms with van der Waals surface area (Å²) >= 11 is 0. The van der Waals surface area contributed by atoms with Gasteiger partial charge in [-0.2, -0.15) is 0 Å². The zero-order valence-corrected chi connectivity index (χ0v) is 19.2. The third kappa shape index (κ3) is 3.86. The Morgan fingerprint density at radius 2 is 2.03 bits per heavy atom. The number of methoxy groups -OCH3 is 1. The van der Waals surface area contributed by atoms with Crippen LogP contribution in [0.2, 0.25) is 0 Å². The Kier molecular flexibility index (Phi) is 5.56. The maximum Gasteiger partial charge on any atom is 0.271 e. The smallest absolute Gasteiger partial charge is 0.271 e. The van der Waals surface area contributed by atoms with E-state index in [9.17, 15) is 9.59 Å². The largest absolute Gasteiger partial charge is 0.497 e. The molecular formula is C26H30N4O3. The van der Waals surface area contributed by atoms with Crippen molar-refractivity contribution >= 4 is 22.7 Å². The molecule has 7 nitrogen and oxygen atoms in total. The van der Waals surface area contributed by atoms with Gasteiger partial charge in [0.1, 0.15) is 17.0 Å². The average Bonchev–Trinajstić information content (AvgIpc) is 3.20. The van der Waals surface area contributed by atoms with Crippen LogP contribution in [-0.4, -0.2) is 45.0 Å². The van der Waals surface area contributed by atoms with Gasteiger partial charge in [0.05, 0.1) is 19.2 Å². The van der Waals surface area contributed by atoms with Gasteiger partial charge in [-0.05, 0) is 49.6 Å². The predicted octanol–water partition coefficient (Wildman–Crippen LogP) is 3.91. The fourth-order valence-electron chi connectivity index (χ4n) is 5.17. The number of aromatic nitrogens is 2. The minimum atomic E-state index is -1.04. The number of rotatable bonds is 5. The number of amides is 2. The van der Waals surface area contributed by atoms with Crippen LogP contribution >= 0.6 is 0 Å². The van der Waals surface area contributed by atoms with Crippen LogP contribution in [0.1, 0.15) is 55.1 Å². The lowest BCUT2D eigenvalue weighted by atomic mass is 9.91. The molecule has 0 bridgehead atoms. The molecule has 0 radical (unpaired) electrons. The summed E-state index contributed by atoms with van der Waals surface area (Å²) in [5.74, 6) is 0.477. The van der Waals surface area contributed by atoms with E-state index in [0.717, 1.165) is 47.9 Å². The molecule has 3 aromatic rings. The van der Waals surface area contributed by atoms with Gasteiger partial charge in [0.2, 0.25) is 5.91 Å². The highest BCUT2D eigenvalue weighted by molar-refractivity contribution is 6.03. The lowest BCUT2D eigenvalue weighted by Gasteiger charge is -2.45. The zero-order valence-electron chi connectivity index (χ0n) is 19.2. The first-order valence-corrected chi connectivity index (χ1v) is 11.7. The molecule has 1 fully saturated rings. The highest BCUT2D eigenvalue weighted by atomic mass is 16.5. The highest BCUT2D eigenvalue weighted by Gasteiger charge is 2.48. The van der Waals surface area contributed by atoms with Crippen LogP contribution in [-0.2, 0) is 17.9 Å². The molecule has 0 spiro atoms. The molecule has 1 aliphatic heterocycles. The van der Waals surface area contributed by atoms with E-state index >= 15 is 0 Å². The first-order chi connectivity index (χ1) is 16.0. The normalized spacial score (nSPS) is 21.2. The third-order valence-electron chi connectivity index (χ3n) is 7.13. The monoisotopic (exact) mass is 446 g/mol. The van der Waals surface area contributed by atoms with Gasteiger partial charge in [-0.15, -0.1) is 0 Å². The van der Waals surface area contributed by atoms with Gasteiger partial charge in [0.25, 0.3) is 5.91 Å². The number of nitrogens with one attached hydrogen (secondary N) is 1. The minimum absolute atomic E-state index is 0.0953. The minimum Gasteiger partial charge on any atom is -0.497 e. The number of carbonyl (C=O) groups excluding carboxylic acids is 2. The van der Waals surface area contributed by atoms with E-state index < -0.39 is 5.54 Å². The molecule has 2 aromatic heterocycles. The Morgan fingerprint density at radius 1 is 1.21 bits per heavy atom. The molecule has 2 amide bonds. The van der Waals surface area contributed by atoms with Crippen molar-refractivity contribution in [1.82, 2.24) is 19.8 Å². The fraction of sp³-hybridized carbons (Fsp3) is 0.423. The molecule has 3 heterocycles. The quantitative estimate of drug-likeness (QED) is 0.645. The molecule has 7 heteroatoms. The highest BCUT2D eigenvalue weighted by Crippen LogP contribution is 2.35. The molecule has 0 unspecified atom stereocenters. The number of carbonyl (C=O) groups is 2. The Morgan fingerprint density at radius 3 is 2.76 bits per heavy atom.